The molecule has 2 aromatic rings. The first kappa shape index (κ1) is 15.7. The first-order chi connectivity index (χ1) is 9.91. The molecule has 0 saturated heterocycles. The monoisotopic (exact) mass is 285 g/mol. The maximum atomic E-state index is 14.3. The molecule has 1 nitrogen and oxygen atoms in total. The predicted octanol–water partition coefficient (Wildman–Crippen LogP) is 4.90. The van der Waals surface area contributed by atoms with Crippen LogP contribution >= 0.6 is 0 Å². The van der Waals surface area contributed by atoms with Crippen LogP contribution in [0.1, 0.15) is 38.8 Å². The van der Waals surface area contributed by atoms with Gasteiger partial charge in [-0.2, -0.15) is 0 Å². The summed E-state index contributed by atoms with van der Waals surface area (Å²) >= 11 is 0. The average Bonchev–Trinajstić information content (AvgIpc) is 2.44. The smallest absolute Gasteiger partial charge is 0.131 e. The second-order valence-electron chi connectivity index (χ2n) is 6.42. The fourth-order valence-electron chi connectivity index (χ4n) is 2.32. The van der Waals surface area contributed by atoms with Gasteiger partial charge in [0.1, 0.15) is 5.82 Å². The highest BCUT2D eigenvalue weighted by Crippen LogP contribution is 2.28. The van der Waals surface area contributed by atoms with Crippen molar-refractivity contribution < 1.29 is 4.39 Å². The number of halogens is 1. The van der Waals surface area contributed by atoms with Crippen LogP contribution in [0.25, 0.3) is 11.1 Å². The molecule has 0 aliphatic rings. The van der Waals surface area contributed by atoms with E-state index >= 15 is 0 Å². The number of rotatable bonds is 4. The summed E-state index contributed by atoms with van der Waals surface area (Å²) < 4.78 is 14.3. The standard InChI is InChI=1S/C19H24FN/c1-5-21-13-14-6-11-17(18(20)12-14)15-7-9-16(10-8-15)19(2,3)4/h6-12,21H,5,13H2,1-4H3. The van der Waals surface area contributed by atoms with Crippen LogP contribution in [0.4, 0.5) is 4.39 Å². The van der Waals surface area contributed by atoms with Gasteiger partial charge in [-0.3, -0.25) is 0 Å². The molecule has 0 heterocycles. The summed E-state index contributed by atoms with van der Waals surface area (Å²) in [6.07, 6.45) is 0. The van der Waals surface area contributed by atoms with Crippen molar-refractivity contribution in [2.24, 2.45) is 0 Å². The Morgan fingerprint density at radius 1 is 1.00 bits per heavy atom. The van der Waals surface area contributed by atoms with E-state index in [9.17, 15) is 4.39 Å². The molecule has 2 rings (SSSR count). The zero-order valence-electron chi connectivity index (χ0n) is 13.3. The van der Waals surface area contributed by atoms with E-state index in [4.69, 9.17) is 0 Å². The first-order valence-electron chi connectivity index (χ1n) is 7.52. The normalized spacial score (nSPS) is 11.7. The molecule has 0 atom stereocenters. The molecule has 2 aromatic carbocycles. The lowest BCUT2D eigenvalue weighted by Gasteiger charge is -2.19. The summed E-state index contributed by atoms with van der Waals surface area (Å²) in [5.74, 6) is -0.158. The number of hydrogen-bond donors (Lipinski definition) is 1. The highest BCUT2D eigenvalue weighted by Gasteiger charge is 2.13. The zero-order chi connectivity index (χ0) is 15.5. The zero-order valence-corrected chi connectivity index (χ0v) is 13.3. The minimum atomic E-state index is -0.158. The van der Waals surface area contributed by atoms with Gasteiger partial charge in [-0.15, -0.1) is 0 Å². The molecule has 0 aromatic heterocycles. The second-order valence-corrected chi connectivity index (χ2v) is 6.42. The van der Waals surface area contributed by atoms with E-state index in [2.05, 4.69) is 38.2 Å². The van der Waals surface area contributed by atoms with Crippen molar-refractivity contribution >= 4 is 0 Å². The van der Waals surface area contributed by atoms with Crippen LogP contribution in [-0.2, 0) is 12.0 Å². The van der Waals surface area contributed by atoms with Gasteiger partial charge in [-0.1, -0.05) is 64.1 Å². The van der Waals surface area contributed by atoms with Crippen LogP contribution in [0.15, 0.2) is 42.5 Å². The Morgan fingerprint density at radius 2 is 1.67 bits per heavy atom. The summed E-state index contributed by atoms with van der Waals surface area (Å²) in [4.78, 5) is 0. The Bertz CT molecular complexity index is 594. The predicted molar refractivity (Wildman–Crippen MR) is 87.9 cm³/mol. The first-order valence-corrected chi connectivity index (χ1v) is 7.52. The van der Waals surface area contributed by atoms with Crippen molar-refractivity contribution in [1.82, 2.24) is 5.32 Å². The molecule has 1 N–H and O–H groups in total. The molecule has 0 aliphatic carbocycles. The van der Waals surface area contributed by atoms with E-state index in [0.29, 0.717) is 12.1 Å². The van der Waals surface area contributed by atoms with E-state index in [1.807, 2.05) is 31.2 Å². The van der Waals surface area contributed by atoms with Crippen molar-refractivity contribution in [3.05, 3.63) is 59.4 Å². The fourth-order valence-corrected chi connectivity index (χ4v) is 2.32. The maximum Gasteiger partial charge on any atom is 0.131 e. The minimum Gasteiger partial charge on any atom is -0.313 e. The second kappa shape index (κ2) is 6.40. The van der Waals surface area contributed by atoms with Crippen molar-refractivity contribution in [3.63, 3.8) is 0 Å². The molecule has 2 heteroatoms. The van der Waals surface area contributed by atoms with Gasteiger partial charge in [0.05, 0.1) is 0 Å². The van der Waals surface area contributed by atoms with Crippen LogP contribution in [0.2, 0.25) is 0 Å². The Morgan fingerprint density at radius 3 is 2.19 bits per heavy atom. The molecule has 21 heavy (non-hydrogen) atoms. The molecule has 0 saturated carbocycles. The van der Waals surface area contributed by atoms with Crippen LogP contribution < -0.4 is 5.32 Å². The molecular weight excluding hydrogens is 261 g/mol. The van der Waals surface area contributed by atoms with Crippen LogP contribution in [0.3, 0.4) is 0 Å². The lowest BCUT2D eigenvalue weighted by molar-refractivity contribution is 0.590. The van der Waals surface area contributed by atoms with Gasteiger partial charge in [-0.25, -0.2) is 4.39 Å². The van der Waals surface area contributed by atoms with Gasteiger partial charge in [0.15, 0.2) is 0 Å². The van der Waals surface area contributed by atoms with Crippen LogP contribution in [-0.4, -0.2) is 6.54 Å². The lowest BCUT2D eigenvalue weighted by atomic mass is 9.86. The summed E-state index contributed by atoms with van der Waals surface area (Å²) in [5.41, 5.74) is 3.94. The maximum absolute atomic E-state index is 14.3. The van der Waals surface area contributed by atoms with Gasteiger partial charge in [-0.05, 0) is 34.7 Å². The molecule has 0 aliphatic heterocycles. The SMILES string of the molecule is CCNCc1ccc(-c2ccc(C(C)(C)C)cc2)c(F)c1. The highest BCUT2D eigenvalue weighted by molar-refractivity contribution is 5.65. The summed E-state index contributed by atoms with van der Waals surface area (Å²) in [6, 6.07) is 13.6. The third-order valence-corrected chi connectivity index (χ3v) is 3.67. The van der Waals surface area contributed by atoms with Crippen molar-refractivity contribution in [3.8, 4) is 11.1 Å². The Hall–Kier alpha value is -1.67. The van der Waals surface area contributed by atoms with E-state index in [-0.39, 0.29) is 11.2 Å². The van der Waals surface area contributed by atoms with Crippen LogP contribution in [0, 0.1) is 5.82 Å². The third-order valence-electron chi connectivity index (χ3n) is 3.67. The van der Waals surface area contributed by atoms with E-state index < -0.39 is 0 Å². The van der Waals surface area contributed by atoms with Crippen molar-refractivity contribution in [2.45, 2.75) is 39.7 Å². The molecule has 112 valence electrons. The van der Waals surface area contributed by atoms with Gasteiger partial charge in [0.25, 0.3) is 0 Å². The summed E-state index contributed by atoms with van der Waals surface area (Å²) in [6.45, 7) is 10.2. The quantitative estimate of drug-likeness (QED) is 0.842. The van der Waals surface area contributed by atoms with Gasteiger partial charge in [0, 0.05) is 12.1 Å². The number of benzene rings is 2. The Balaban J connectivity index is 2.26. The molecule has 0 amide bonds. The van der Waals surface area contributed by atoms with Gasteiger partial charge >= 0.3 is 0 Å². The van der Waals surface area contributed by atoms with E-state index in [1.165, 1.54) is 5.56 Å². The molecular formula is C19H24FN. The molecule has 0 unspecified atom stereocenters. The molecule has 0 bridgehead atoms. The largest absolute Gasteiger partial charge is 0.313 e. The van der Waals surface area contributed by atoms with E-state index in [0.717, 1.165) is 17.7 Å². The van der Waals surface area contributed by atoms with E-state index in [1.54, 1.807) is 6.07 Å². The molecule has 0 fully saturated rings. The van der Waals surface area contributed by atoms with Crippen LogP contribution in [0.5, 0.6) is 0 Å². The van der Waals surface area contributed by atoms with Crippen molar-refractivity contribution in [2.75, 3.05) is 6.54 Å². The van der Waals surface area contributed by atoms with Gasteiger partial charge < -0.3 is 5.32 Å². The number of nitrogens with one attached hydrogen (secondary N) is 1. The summed E-state index contributed by atoms with van der Waals surface area (Å²) in [7, 11) is 0. The Kier molecular flexibility index (Phi) is 4.79. The fraction of sp³-hybridized carbons (Fsp3) is 0.368. The highest BCUT2D eigenvalue weighted by atomic mass is 19.1. The minimum absolute atomic E-state index is 0.118. The number of hydrogen-bond acceptors (Lipinski definition) is 1. The van der Waals surface area contributed by atoms with Gasteiger partial charge in [0.2, 0.25) is 0 Å². The lowest BCUT2D eigenvalue weighted by Crippen LogP contribution is -2.11. The Labute approximate surface area is 127 Å². The summed E-state index contributed by atoms with van der Waals surface area (Å²) in [5, 5.41) is 3.21. The average molecular weight is 285 g/mol. The topological polar surface area (TPSA) is 12.0 Å². The molecule has 0 spiro atoms. The molecule has 0 radical (unpaired) electrons. The van der Waals surface area contributed by atoms with Crippen molar-refractivity contribution in [1.29, 1.82) is 0 Å². The third kappa shape index (κ3) is 3.92.